The molecule has 1 aliphatic rings. The Kier molecular flexibility index (Phi) is 4.70. The molecular weight excluding hydrogens is 296 g/mol. The Morgan fingerprint density at radius 3 is 2.61 bits per heavy atom. The first kappa shape index (κ1) is 15.7. The van der Waals surface area contributed by atoms with Gasteiger partial charge in [0, 0.05) is 37.2 Å². The van der Waals surface area contributed by atoms with Gasteiger partial charge in [0.1, 0.15) is 17.9 Å². The molecule has 0 amide bonds. The molecule has 0 spiro atoms. The first-order valence-corrected chi connectivity index (χ1v) is 7.90. The summed E-state index contributed by atoms with van der Waals surface area (Å²) in [6.45, 7) is 0.963. The van der Waals surface area contributed by atoms with Crippen molar-refractivity contribution in [1.29, 1.82) is 0 Å². The van der Waals surface area contributed by atoms with Crippen LogP contribution in [-0.4, -0.2) is 18.9 Å². The molecule has 23 heavy (non-hydrogen) atoms. The van der Waals surface area contributed by atoms with Crippen LogP contribution in [-0.2, 0) is 11.2 Å². The van der Waals surface area contributed by atoms with Crippen LogP contribution in [0.15, 0.2) is 42.5 Å². The van der Waals surface area contributed by atoms with Gasteiger partial charge in [0.15, 0.2) is 0 Å². The highest BCUT2D eigenvalue weighted by Crippen LogP contribution is 2.27. The van der Waals surface area contributed by atoms with Crippen molar-refractivity contribution in [2.75, 3.05) is 11.4 Å². The SMILES string of the molecule is O=CCC1CCCN1c1ccc(Cc2ccc(F)cc2F)cc1. The summed E-state index contributed by atoms with van der Waals surface area (Å²) in [5.74, 6) is -1.07. The van der Waals surface area contributed by atoms with Gasteiger partial charge in [-0.25, -0.2) is 8.78 Å². The van der Waals surface area contributed by atoms with Crippen LogP contribution < -0.4 is 4.90 Å². The summed E-state index contributed by atoms with van der Waals surface area (Å²) < 4.78 is 26.7. The molecule has 120 valence electrons. The summed E-state index contributed by atoms with van der Waals surface area (Å²) in [6.07, 6.45) is 4.11. The molecule has 0 bridgehead atoms. The molecule has 1 atom stereocenters. The van der Waals surface area contributed by atoms with Crippen LogP contribution in [0.3, 0.4) is 0 Å². The zero-order valence-electron chi connectivity index (χ0n) is 12.8. The molecule has 0 aliphatic carbocycles. The van der Waals surface area contributed by atoms with E-state index in [1.165, 1.54) is 12.1 Å². The number of nitrogens with zero attached hydrogens (tertiary/aromatic N) is 1. The van der Waals surface area contributed by atoms with E-state index in [1.54, 1.807) is 0 Å². The summed E-state index contributed by atoms with van der Waals surface area (Å²) in [4.78, 5) is 13.0. The highest BCUT2D eigenvalue weighted by Gasteiger charge is 2.24. The monoisotopic (exact) mass is 315 g/mol. The molecule has 0 N–H and O–H groups in total. The number of carbonyl (C=O) groups excluding carboxylic acids is 1. The molecule has 1 fully saturated rings. The van der Waals surface area contributed by atoms with Gasteiger partial charge in [-0.15, -0.1) is 0 Å². The number of hydrogen-bond acceptors (Lipinski definition) is 2. The number of anilines is 1. The van der Waals surface area contributed by atoms with Crippen molar-refractivity contribution in [3.05, 3.63) is 65.2 Å². The normalized spacial score (nSPS) is 17.5. The Bertz CT molecular complexity index is 684. The summed E-state index contributed by atoms with van der Waals surface area (Å²) in [5.41, 5.74) is 2.56. The van der Waals surface area contributed by atoms with Gasteiger partial charge in [-0.3, -0.25) is 0 Å². The molecule has 2 aromatic rings. The second kappa shape index (κ2) is 6.90. The quantitative estimate of drug-likeness (QED) is 0.774. The van der Waals surface area contributed by atoms with Crippen LogP contribution in [0.4, 0.5) is 14.5 Å². The third-order valence-corrected chi connectivity index (χ3v) is 4.42. The van der Waals surface area contributed by atoms with Crippen molar-refractivity contribution in [1.82, 2.24) is 0 Å². The van der Waals surface area contributed by atoms with Gasteiger partial charge < -0.3 is 9.69 Å². The molecule has 4 heteroatoms. The number of aldehydes is 1. The van der Waals surface area contributed by atoms with Crippen molar-refractivity contribution in [2.45, 2.75) is 31.7 Å². The highest BCUT2D eigenvalue weighted by molar-refractivity contribution is 5.56. The summed E-state index contributed by atoms with van der Waals surface area (Å²) in [7, 11) is 0. The van der Waals surface area contributed by atoms with Gasteiger partial charge in [0.05, 0.1) is 0 Å². The average molecular weight is 315 g/mol. The molecule has 1 saturated heterocycles. The van der Waals surface area contributed by atoms with E-state index in [0.29, 0.717) is 18.4 Å². The minimum atomic E-state index is -0.558. The van der Waals surface area contributed by atoms with E-state index >= 15 is 0 Å². The fourth-order valence-electron chi connectivity index (χ4n) is 3.22. The van der Waals surface area contributed by atoms with Crippen molar-refractivity contribution in [3.63, 3.8) is 0 Å². The maximum absolute atomic E-state index is 13.7. The summed E-state index contributed by atoms with van der Waals surface area (Å²) in [6, 6.07) is 11.9. The first-order valence-electron chi connectivity index (χ1n) is 7.90. The van der Waals surface area contributed by atoms with Crippen molar-refractivity contribution in [3.8, 4) is 0 Å². The van der Waals surface area contributed by atoms with E-state index in [4.69, 9.17) is 0 Å². The Morgan fingerprint density at radius 1 is 1.13 bits per heavy atom. The molecule has 1 aliphatic heterocycles. The van der Waals surface area contributed by atoms with E-state index in [-0.39, 0.29) is 6.04 Å². The molecule has 3 rings (SSSR count). The molecule has 2 aromatic carbocycles. The molecule has 1 unspecified atom stereocenters. The Morgan fingerprint density at radius 2 is 1.91 bits per heavy atom. The van der Waals surface area contributed by atoms with Crippen molar-refractivity contribution < 1.29 is 13.6 Å². The molecule has 0 radical (unpaired) electrons. The van der Waals surface area contributed by atoms with Gasteiger partial charge in [-0.2, -0.15) is 0 Å². The molecule has 2 nitrogen and oxygen atoms in total. The van der Waals surface area contributed by atoms with Crippen molar-refractivity contribution >= 4 is 12.0 Å². The van der Waals surface area contributed by atoms with Gasteiger partial charge >= 0.3 is 0 Å². The molecular formula is C19H19F2NO. The maximum Gasteiger partial charge on any atom is 0.129 e. The largest absolute Gasteiger partial charge is 0.368 e. The zero-order valence-corrected chi connectivity index (χ0v) is 12.8. The van der Waals surface area contributed by atoms with Gasteiger partial charge in [-0.05, 0) is 42.2 Å². The lowest BCUT2D eigenvalue weighted by Crippen LogP contribution is -2.29. The fourth-order valence-corrected chi connectivity index (χ4v) is 3.22. The van der Waals surface area contributed by atoms with E-state index < -0.39 is 11.6 Å². The number of rotatable bonds is 5. The van der Waals surface area contributed by atoms with Crippen LogP contribution in [0, 0.1) is 11.6 Å². The Balaban J connectivity index is 1.73. The van der Waals surface area contributed by atoms with Crippen LogP contribution in [0.2, 0.25) is 0 Å². The smallest absolute Gasteiger partial charge is 0.129 e. The first-order chi connectivity index (χ1) is 11.2. The van der Waals surface area contributed by atoms with Gasteiger partial charge in [-0.1, -0.05) is 18.2 Å². The van der Waals surface area contributed by atoms with Crippen LogP contribution in [0.1, 0.15) is 30.4 Å². The predicted octanol–water partition coefficient (Wildman–Crippen LogP) is 4.11. The van der Waals surface area contributed by atoms with E-state index in [1.807, 2.05) is 24.3 Å². The lowest BCUT2D eigenvalue weighted by Gasteiger charge is -2.25. The van der Waals surface area contributed by atoms with E-state index in [0.717, 1.165) is 43.0 Å². The summed E-state index contributed by atoms with van der Waals surface area (Å²) in [5, 5.41) is 0. The summed E-state index contributed by atoms with van der Waals surface area (Å²) >= 11 is 0. The Labute approximate surface area is 134 Å². The average Bonchev–Trinajstić information content (AvgIpc) is 2.99. The highest BCUT2D eigenvalue weighted by atomic mass is 19.1. The fraction of sp³-hybridized carbons (Fsp3) is 0.316. The number of benzene rings is 2. The standard InChI is InChI=1S/C19H19F2NO/c20-16-6-5-15(19(21)13-16)12-14-3-7-18(8-4-14)22-10-1-2-17(22)9-11-23/h3-8,11,13,17H,1-2,9-10,12H2. The lowest BCUT2D eigenvalue weighted by molar-refractivity contribution is -0.108. The zero-order chi connectivity index (χ0) is 16.2. The van der Waals surface area contributed by atoms with Crippen LogP contribution in [0.25, 0.3) is 0 Å². The lowest BCUT2D eigenvalue weighted by atomic mass is 10.0. The molecule has 0 aromatic heterocycles. The topological polar surface area (TPSA) is 20.3 Å². The Hall–Kier alpha value is -2.23. The minimum Gasteiger partial charge on any atom is -0.368 e. The molecule has 0 saturated carbocycles. The maximum atomic E-state index is 13.7. The second-order valence-corrected chi connectivity index (χ2v) is 5.97. The third kappa shape index (κ3) is 3.58. The van der Waals surface area contributed by atoms with E-state index in [9.17, 15) is 13.6 Å². The number of halogens is 2. The van der Waals surface area contributed by atoms with E-state index in [2.05, 4.69) is 4.90 Å². The van der Waals surface area contributed by atoms with Gasteiger partial charge in [0.2, 0.25) is 0 Å². The van der Waals surface area contributed by atoms with Crippen molar-refractivity contribution in [2.24, 2.45) is 0 Å². The second-order valence-electron chi connectivity index (χ2n) is 5.97. The van der Waals surface area contributed by atoms with Crippen LogP contribution in [0.5, 0.6) is 0 Å². The minimum absolute atomic E-state index is 0.285. The number of hydrogen-bond donors (Lipinski definition) is 0. The van der Waals surface area contributed by atoms with Crippen LogP contribution >= 0.6 is 0 Å². The number of carbonyl (C=O) groups is 1. The third-order valence-electron chi connectivity index (χ3n) is 4.42. The molecule has 1 heterocycles. The van der Waals surface area contributed by atoms with Gasteiger partial charge in [0.25, 0.3) is 0 Å². The predicted molar refractivity (Wildman–Crippen MR) is 86.7 cm³/mol.